The summed E-state index contributed by atoms with van der Waals surface area (Å²) in [6, 6.07) is 3.45. The number of hydrogen-bond acceptors (Lipinski definition) is 6. The Kier molecular flexibility index (Phi) is 7.55. The van der Waals surface area contributed by atoms with Crippen molar-refractivity contribution in [1.82, 2.24) is 14.5 Å². The molecule has 2 saturated heterocycles. The molecule has 0 radical (unpaired) electrons. The number of amides is 2. The molecule has 31 heavy (non-hydrogen) atoms. The second-order valence-corrected chi connectivity index (χ2v) is 9.82. The molecule has 10 heteroatoms. The lowest BCUT2D eigenvalue weighted by molar-refractivity contribution is -0.136. The standard InChI is InChI=1S/C21H31N3O6S/c1-15-6-4-5-9-24(15)31(27,28)19-14-17(7-8-18(19)29-3)20(25)22-16(2)21(26)23-10-12-30-13-11-23/h7-8,14-16H,4-6,9-13H2,1-3H3,(H,22,25). The van der Waals surface area contributed by atoms with Gasteiger partial charge in [0.15, 0.2) is 0 Å². The maximum Gasteiger partial charge on any atom is 0.251 e. The zero-order valence-electron chi connectivity index (χ0n) is 18.3. The first-order chi connectivity index (χ1) is 14.8. The average Bonchev–Trinajstić information content (AvgIpc) is 2.78. The normalized spacial score (nSPS) is 21.4. The summed E-state index contributed by atoms with van der Waals surface area (Å²) in [6.45, 7) is 5.86. The number of benzene rings is 1. The number of methoxy groups -OCH3 is 1. The van der Waals surface area contributed by atoms with Gasteiger partial charge in [-0.25, -0.2) is 8.42 Å². The molecular weight excluding hydrogens is 422 g/mol. The van der Waals surface area contributed by atoms with Crippen LogP contribution in [0.3, 0.4) is 0 Å². The van der Waals surface area contributed by atoms with Crippen LogP contribution in [0.15, 0.2) is 23.1 Å². The predicted molar refractivity (Wildman–Crippen MR) is 115 cm³/mol. The summed E-state index contributed by atoms with van der Waals surface area (Å²) in [7, 11) is -2.43. The molecule has 1 N–H and O–H groups in total. The van der Waals surface area contributed by atoms with Crippen LogP contribution in [-0.4, -0.2) is 81.5 Å². The molecule has 2 fully saturated rings. The lowest BCUT2D eigenvalue weighted by atomic mass is 10.1. The molecule has 3 rings (SSSR count). The number of nitrogens with zero attached hydrogens (tertiary/aromatic N) is 2. The number of morpholine rings is 1. The second kappa shape index (κ2) is 9.97. The van der Waals surface area contributed by atoms with E-state index in [2.05, 4.69) is 5.32 Å². The van der Waals surface area contributed by atoms with Crippen LogP contribution in [0, 0.1) is 0 Å². The van der Waals surface area contributed by atoms with Gasteiger partial charge in [0.2, 0.25) is 15.9 Å². The van der Waals surface area contributed by atoms with Gasteiger partial charge in [-0.3, -0.25) is 9.59 Å². The Bertz CT molecular complexity index is 914. The van der Waals surface area contributed by atoms with Gasteiger partial charge in [0.1, 0.15) is 16.7 Å². The van der Waals surface area contributed by atoms with E-state index in [4.69, 9.17) is 9.47 Å². The summed E-state index contributed by atoms with van der Waals surface area (Å²) >= 11 is 0. The zero-order chi connectivity index (χ0) is 22.6. The summed E-state index contributed by atoms with van der Waals surface area (Å²) in [5, 5.41) is 2.68. The summed E-state index contributed by atoms with van der Waals surface area (Å²) < 4.78 is 38.7. The van der Waals surface area contributed by atoms with E-state index in [1.165, 1.54) is 29.6 Å². The van der Waals surface area contributed by atoms with E-state index in [0.29, 0.717) is 32.8 Å². The SMILES string of the molecule is COc1ccc(C(=O)NC(C)C(=O)N2CCOCC2)cc1S(=O)(=O)N1CCCCC1C. The molecule has 0 spiro atoms. The number of ether oxygens (including phenoxy) is 2. The van der Waals surface area contributed by atoms with E-state index in [1.807, 2.05) is 6.92 Å². The van der Waals surface area contributed by atoms with Crippen molar-refractivity contribution in [3.8, 4) is 5.75 Å². The highest BCUT2D eigenvalue weighted by atomic mass is 32.2. The van der Waals surface area contributed by atoms with Crippen LogP contribution in [-0.2, 0) is 19.6 Å². The third-order valence-electron chi connectivity index (χ3n) is 5.80. The van der Waals surface area contributed by atoms with Crippen LogP contribution in [0.5, 0.6) is 5.75 Å². The monoisotopic (exact) mass is 453 g/mol. The van der Waals surface area contributed by atoms with Crippen molar-refractivity contribution in [2.24, 2.45) is 0 Å². The molecule has 0 saturated carbocycles. The first-order valence-corrected chi connectivity index (χ1v) is 12.1. The van der Waals surface area contributed by atoms with Gasteiger partial charge in [-0.15, -0.1) is 0 Å². The van der Waals surface area contributed by atoms with Crippen molar-refractivity contribution in [3.05, 3.63) is 23.8 Å². The van der Waals surface area contributed by atoms with Gasteiger partial charge in [-0.1, -0.05) is 6.42 Å². The Labute approximate surface area is 183 Å². The quantitative estimate of drug-likeness (QED) is 0.695. The Hall–Kier alpha value is -2.17. The highest BCUT2D eigenvalue weighted by Gasteiger charge is 2.34. The van der Waals surface area contributed by atoms with Crippen molar-refractivity contribution in [3.63, 3.8) is 0 Å². The predicted octanol–water partition coefficient (Wildman–Crippen LogP) is 1.24. The number of nitrogens with one attached hydrogen (secondary N) is 1. The Morgan fingerprint density at radius 1 is 1.19 bits per heavy atom. The number of carbonyl (C=O) groups is 2. The van der Waals surface area contributed by atoms with Gasteiger partial charge < -0.3 is 19.7 Å². The van der Waals surface area contributed by atoms with Crippen LogP contribution in [0.1, 0.15) is 43.5 Å². The van der Waals surface area contributed by atoms with Gasteiger partial charge in [0, 0.05) is 31.2 Å². The minimum atomic E-state index is -3.83. The number of sulfonamides is 1. The minimum absolute atomic E-state index is 0.0384. The number of hydrogen-bond donors (Lipinski definition) is 1. The van der Waals surface area contributed by atoms with Crippen LogP contribution >= 0.6 is 0 Å². The molecule has 0 aliphatic carbocycles. The van der Waals surface area contributed by atoms with E-state index in [1.54, 1.807) is 11.8 Å². The lowest BCUT2D eigenvalue weighted by Crippen LogP contribution is -2.50. The molecule has 172 valence electrons. The molecule has 1 aromatic rings. The molecule has 2 atom stereocenters. The Morgan fingerprint density at radius 2 is 1.90 bits per heavy atom. The topological polar surface area (TPSA) is 105 Å². The molecule has 2 amide bonds. The second-order valence-electron chi connectivity index (χ2n) is 7.96. The molecule has 0 aromatic heterocycles. The van der Waals surface area contributed by atoms with Crippen molar-refractivity contribution in [1.29, 1.82) is 0 Å². The van der Waals surface area contributed by atoms with Gasteiger partial charge >= 0.3 is 0 Å². The van der Waals surface area contributed by atoms with E-state index >= 15 is 0 Å². The summed E-state index contributed by atoms with van der Waals surface area (Å²) in [4.78, 5) is 27.0. The molecule has 9 nitrogen and oxygen atoms in total. The van der Waals surface area contributed by atoms with Crippen LogP contribution < -0.4 is 10.1 Å². The molecule has 2 heterocycles. The molecule has 2 aliphatic rings. The van der Waals surface area contributed by atoms with Gasteiger partial charge in [0.25, 0.3) is 5.91 Å². The van der Waals surface area contributed by atoms with Crippen molar-refractivity contribution in [2.75, 3.05) is 40.0 Å². The van der Waals surface area contributed by atoms with E-state index < -0.39 is 22.0 Å². The summed E-state index contributed by atoms with van der Waals surface area (Å²) in [6.07, 6.45) is 2.58. The molecular formula is C21H31N3O6S. The van der Waals surface area contributed by atoms with Gasteiger partial charge in [-0.05, 0) is 44.9 Å². The van der Waals surface area contributed by atoms with E-state index in [-0.39, 0.29) is 28.2 Å². The summed E-state index contributed by atoms with van der Waals surface area (Å²) in [5.41, 5.74) is 0.158. The van der Waals surface area contributed by atoms with Gasteiger partial charge in [0.05, 0.1) is 20.3 Å². The number of carbonyl (C=O) groups excluding carboxylic acids is 2. The van der Waals surface area contributed by atoms with E-state index in [9.17, 15) is 18.0 Å². The Balaban J connectivity index is 1.80. The van der Waals surface area contributed by atoms with Crippen LogP contribution in [0.2, 0.25) is 0 Å². The highest BCUT2D eigenvalue weighted by molar-refractivity contribution is 7.89. The highest BCUT2D eigenvalue weighted by Crippen LogP contribution is 2.31. The van der Waals surface area contributed by atoms with Crippen LogP contribution in [0.4, 0.5) is 0 Å². The van der Waals surface area contributed by atoms with Crippen LogP contribution in [0.25, 0.3) is 0 Å². The smallest absolute Gasteiger partial charge is 0.251 e. The zero-order valence-corrected chi connectivity index (χ0v) is 19.1. The number of rotatable bonds is 6. The Morgan fingerprint density at radius 3 is 2.55 bits per heavy atom. The average molecular weight is 454 g/mol. The molecule has 2 unspecified atom stereocenters. The summed E-state index contributed by atoms with van der Waals surface area (Å²) in [5.74, 6) is -0.521. The third kappa shape index (κ3) is 5.19. The lowest BCUT2D eigenvalue weighted by Gasteiger charge is -2.32. The van der Waals surface area contributed by atoms with Crippen molar-refractivity contribution >= 4 is 21.8 Å². The molecule has 0 bridgehead atoms. The maximum atomic E-state index is 13.3. The van der Waals surface area contributed by atoms with Gasteiger partial charge in [-0.2, -0.15) is 4.31 Å². The van der Waals surface area contributed by atoms with Crippen molar-refractivity contribution < 1.29 is 27.5 Å². The molecule has 1 aromatic carbocycles. The fraction of sp³-hybridized carbons (Fsp3) is 0.619. The minimum Gasteiger partial charge on any atom is -0.495 e. The maximum absolute atomic E-state index is 13.3. The first kappa shape index (κ1) is 23.5. The largest absolute Gasteiger partial charge is 0.495 e. The third-order valence-corrected chi connectivity index (χ3v) is 7.83. The van der Waals surface area contributed by atoms with Crippen molar-refractivity contribution in [2.45, 2.75) is 50.1 Å². The fourth-order valence-electron chi connectivity index (χ4n) is 3.97. The first-order valence-electron chi connectivity index (χ1n) is 10.6. The van der Waals surface area contributed by atoms with E-state index in [0.717, 1.165) is 19.3 Å². The number of piperidine rings is 1. The fourth-order valence-corrected chi connectivity index (χ4v) is 5.86. The molecule has 2 aliphatic heterocycles.